The van der Waals surface area contributed by atoms with E-state index in [-0.39, 0.29) is 11.9 Å². The molecule has 6 heteroatoms. The van der Waals surface area contributed by atoms with Gasteiger partial charge in [-0.2, -0.15) is 0 Å². The molecular formula is C18H20ClN3OS. The van der Waals surface area contributed by atoms with Crippen LogP contribution in [0.2, 0.25) is 5.02 Å². The van der Waals surface area contributed by atoms with Crippen LogP contribution in [0.15, 0.2) is 30.5 Å². The van der Waals surface area contributed by atoms with E-state index in [9.17, 15) is 4.79 Å². The van der Waals surface area contributed by atoms with Crippen molar-refractivity contribution < 1.29 is 4.79 Å². The molecular weight excluding hydrogens is 342 g/mol. The third-order valence-electron chi connectivity index (χ3n) is 5.28. The molecule has 1 N–H and O–H groups in total. The third kappa shape index (κ3) is 2.96. The second kappa shape index (κ2) is 6.47. The number of amides is 1. The number of piperidine rings is 3. The fraction of sp³-hybridized carbons (Fsp3) is 0.444. The summed E-state index contributed by atoms with van der Waals surface area (Å²) in [5, 5.41) is 3.93. The van der Waals surface area contributed by atoms with Gasteiger partial charge in [0.25, 0.3) is 5.91 Å². The van der Waals surface area contributed by atoms with Gasteiger partial charge in [-0.25, -0.2) is 0 Å². The van der Waals surface area contributed by atoms with E-state index < -0.39 is 0 Å². The minimum absolute atomic E-state index is 0.0267. The lowest BCUT2D eigenvalue weighted by atomic mass is 9.79. The van der Waals surface area contributed by atoms with Crippen LogP contribution in [0, 0.1) is 5.92 Å². The number of carbonyl (C=O) groups is 1. The number of nitrogens with one attached hydrogen (secondary N) is 1. The summed E-state index contributed by atoms with van der Waals surface area (Å²) >= 11 is 7.49. The Morgan fingerprint density at radius 2 is 2.12 bits per heavy atom. The number of rotatable bonds is 3. The van der Waals surface area contributed by atoms with Crippen molar-refractivity contribution in [1.82, 2.24) is 15.2 Å². The minimum Gasteiger partial charge on any atom is -0.347 e. The highest BCUT2D eigenvalue weighted by molar-refractivity contribution is 7.17. The Balaban J connectivity index is 1.49. The summed E-state index contributed by atoms with van der Waals surface area (Å²) in [4.78, 5) is 21.2. The largest absolute Gasteiger partial charge is 0.347 e. The molecule has 0 spiro atoms. The van der Waals surface area contributed by atoms with Gasteiger partial charge in [0.1, 0.15) is 0 Å². The van der Waals surface area contributed by atoms with E-state index in [0.717, 1.165) is 15.4 Å². The van der Waals surface area contributed by atoms with Crippen LogP contribution in [-0.2, 0) is 0 Å². The van der Waals surface area contributed by atoms with Crippen LogP contribution in [0.3, 0.4) is 0 Å². The van der Waals surface area contributed by atoms with Crippen molar-refractivity contribution in [3.63, 3.8) is 0 Å². The first kappa shape index (κ1) is 16.1. The van der Waals surface area contributed by atoms with Crippen LogP contribution >= 0.6 is 22.9 Å². The molecule has 2 bridgehead atoms. The Hall–Kier alpha value is -1.43. The SMILES string of the molecule is CC1C(NC(=O)c2ccc(-c3cc(Cl)ccn3)s2)C2CCN1CC2. The number of nitrogens with zero attached hydrogens (tertiary/aromatic N) is 2. The second-order valence-corrected chi connectivity index (χ2v) is 8.16. The molecule has 126 valence electrons. The minimum atomic E-state index is 0.0267. The molecule has 0 radical (unpaired) electrons. The first-order valence-corrected chi connectivity index (χ1v) is 9.58. The molecule has 0 saturated carbocycles. The third-order valence-corrected chi connectivity index (χ3v) is 6.62. The lowest BCUT2D eigenvalue weighted by molar-refractivity contribution is 0.0218. The Morgan fingerprint density at radius 3 is 2.83 bits per heavy atom. The molecule has 4 nitrogen and oxygen atoms in total. The standard InChI is InChI=1S/C18H20ClN3OS/c1-11-17(12-5-8-22(11)9-6-12)21-18(23)16-3-2-15(24-16)14-10-13(19)4-7-20-14/h2-4,7,10-12,17H,5-6,8-9H2,1H3,(H,21,23). The van der Waals surface area contributed by atoms with Crippen LogP contribution in [0.25, 0.3) is 10.6 Å². The summed E-state index contributed by atoms with van der Waals surface area (Å²) in [6.07, 6.45) is 4.07. The fourth-order valence-corrected chi connectivity index (χ4v) is 4.94. The number of hydrogen-bond acceptors (Lipinski definition) is 4. The number of thiophene rings is 1. The monoisotopic (exact) mass is 361 g/mol. The summed E-state index contributed by atoms with van der Waals surface area (Å²) in [7, 11) is 0. The first-order valence-electron chi connectivity index (χ1n) is 8.38. The topological polar surface area (TPSA) is 45.2 Å². The molecule has 2 aromatic heterocycles. The summed E-state index contributed by atoms with van der Waals surface area (Å²) < 4.78 is 0. The summed E-state index contributed by atoms with van der Waals surface area (Å²) in [6, 6.07) is 8.08. The number of aromatic nitrogens is 1. The van der Waals surface area contributed by atoms with Crippen molar-refractivity contribution in [3.8, 4) is 10.6 Å². The smallest absolute Gasteiger partial charge is 0.261 e. The van der Waals surface area contributed by atoms with Crippen molar-refractivity contribution in [1.29, 1.82) is 0 Å². The average molecular weight is 362 g/mol. The number of halogens is 1. The quantitative estimate of drug-likeness (QED) is 0.907. The predicted molar refractivity (Wildman–Crippen MR) is 97.6 cm³/mol. The van der Waals surface area contributed by atoms with Crippen molar-refractivity contribution in [2.24, 2.45) is 5.92 Å². The molecule has 0 aliphatic carbocycles. The second-order valence-electron chi connectivity index (χ2n) is 6.64. The molecule has 2 atom stereocenters. The Morgan fingerprint density at radius 1 is 1.33 bits per heavy atom. The van der Waals surface area contributed by atoms with Gasteiger partial charge < -0.3 is 5.32 Å². The zero-order valence-corrected chi connectivity index (χ0v) is 15.1. The van der Waals surface area contributed by atoms with Gasteiger partial charge in [-0.3, -0.25) is 14.7 Å². The predicted octanol–water partition coefficient (Wildman–Crippen LogP) is 3.68. The van der Waals surface area contributed by atoms with Crippen LogP contribution in [0.1, 0.15) is 29.4 Å². The summed E-state index contributed by atoms with van der Waals surface area (Å²) in [6.45, 7) is 4.57. The van der Waals surface area contributed by atoms with Crippen LogP contribution in [0.4, 0.5) is 0 Å². The van der Waals surface area contributed by atoms with Crippen LogP contribution < -0.4 is 5.32 Å². The zero-order valence-electron chi connectivity index (χ0n) is 13.5. The molecule has 5 heterocycles. The molecule has 0 aromatic carbocycles. The van der Waals surface area contributed by atoms with Gasteiger partial charge in [0, 0.05) is 23.3 Å². The van der Waals surface area contributed by atoms with Crippen molar-refractivity contribution in [2.75, 3.05) is 13.1 Å². The fourth-order valence-electron chi connectivity index (χ4n) is 3.90. The Kier molecular flexibility index (Phi) is 4.33. The van der Waals surface area contributed by atoms with Gasteiger partial charge in [0.05, 0.1) is 15.4 Å². The van der Waals surface area contributed by atoms with Gasteiger partial charge >= 0.3 is 0 Å². The summed E-state index contributed by atoms with van der Waals surface area (Å²) in [5.41, 5.74) is 0.808. The highest BCUT2D eigenvalue weighted by atomic mass is 35.5. The molecule has 1 amide bonds. The molecule has 2 aromatic rings. The van der Waals surface area contributed by atoms with Gasteiger partial charge in [0.15, 0.2) is 0 Å². The van der Waals surface area contributed by atoms with E-state index in [4.69, 9.17) is 11.6 Å². The maximum Gasteiger partial charge on any atom is 0.261 e. The molecule has 2 unspecified atom stereocenters. The van der Waals surface area contributed by atoms with E-state index in [2.05, 4.69) is 22.1 Å². The Labute approximate surface area is 150 Å². The van der Waals surface area contributed by atoms with Gasteiger partial charge in [-0.1, -0.05) is 11.6 Å². The van der Waals surface area contributed by atoms with Gasteiger partial charge in [-0.05, 0) is 63.0 Å². The maximum absolute atomic E-state index is 12.7. The van der Waals surface area contributed by atoms with E-state index in [1.807, 2.05) is 18.2 Å². The molecule has 3 fully saturated rings. The molecule has 3 saturated heterocycles. The molecule has 3 aliphatic rings. The molecule has 3 aliphatic heterocycles. The van der Waals surface area contributed by atoms with Crippen LogP contribution in [0.5, 0.6) is 0 Å². The highest BCUT2D eigenvalue weighted by Crippen LogP contribution is 2.33. The number of pyridine rings is 1. The lowest BCUT2D eigenvalue weighted by Gasteiger charge is -2.49. The van der Waals surface area contributed by atoms with E-state index in [1.54, 1.807) is 12.3 Å². The van der Waals surface area contributed by atoms with E-state index >= 15 is 0 Å². The molecule has 24 heavy (non-hydrogen) atoms. The zero-order chi connectivity index (χ0) is 16.7. The number of fused-ring (bicyclic) bond motifs is 3. The summed E-state index contributed by atoms with van der Waals surface area (Å²) in [5.74, 6) is 0.641. The normalized spacial score (nSPS) is 28.8. The van der Waals surface area contributed by atoms with Crippen LogP contribution in [-0.4, -0.2) is 41.0 Å². The first-order chi connectivity index (χ1) is 11.6. The lowest BCUT2D eigenvalue weighted by Crippen LogP contribution is -2.62. The highest BCUT2D eigenvalue weighted by Gasteiger charge is 2.40. The van der Waals surface area contributed by atoms with Crippen molar-refractivity contribution in [2.45, 2.75) is 31.8 Å². The average Bonchev–Trinajstić information content (AvgIpc) is 3.09. The number of carbonyl (C=O) groups excluding carboxylic acids is 1. The van der Waals surface area contributed by atoms with Gasteiger partial charge in [-0.15, -0.1) is 11.3 Å². The maximum atomic E-state index is 12.7. The van der Waals surface area contributed by atoms with Crippen molar-refractivity contribution >= 4 is 28.8 Å². The van der Waals surface area contributed by atoms with Crippen molar-refractivity contribution in [3.05, 3.63) is 40.4 Å². The van der Waals surface area contributed by atoms with E-state index in [1.165, 1.54) is 37.3 Å². The van der Waals surface area contributed by atoms with Gasteiger partial charge in [0.2, 0.25) is 0 Å². The Bertz CT molecular complexity index is 752. The molecule has 5 rings (SSSR count). The van der Waals surface area contributed by atoms with E-state index in [0.29, 0.717) is 17.0 Å². The number of hydrogen-bond donors (Lipinski definition) is 1.